The van der Waals surface area contributed by atoms with Crippen molar-refractivity contribution in [2.45, 2.75) is 39.0 Å². The van der Waals surface area contributed by atoms with Gasteiger partial charge < -0.3 is 14.2 Å². The molecule has 4 rings (SSSR count). The number of hydrogen-bond donors (Lipinski definition) is 0. The first-order valence-corrected chi connectivity index (χ1v) is 8.90. The molecule has 0 spiro atoms. The summed E-state index contributed by atoms with van der Waals surface area (Å²) in [7, 11) is 0. The number of imidazole rings is 1. The van der Waals surface area contributed by atoms with Gasteiger partial charge in [0.2, 0.25) is 0 Å². The van der Waals surface area contributed by atoms with Crippen molar-refractivity contribution < 1.29 is 4.74 Å². The van der Waals surface area contributed by atoms with Gasteiger partial charge in [0.05, 0.1) is 17.4 Å². The lowest BCUT2D eigenvalue weighted by Crippen LogP contribution is -2.51. The first-order chi connectivity index (χ1) is 11.3. The maximum atomic E-state index is 5.93. The van der Waals surface area contributed by atoms with Crippen LogP contribution in [0.5, 0.6) is 0 Å². The lowest BCUT2D eigenvalue weighted by molar-refractivity contribution is -0.0872. The molecule has 23 heavy (non-hydrogen) atoms. The number of rotatable bonds is 3. The van der Waals surface area contributed by atoms with E-state index in [1.54, 1.807) is 0 Å². The SMILES string of the molecule is CCn1cnc2ccc(N3CCN(C4CCCCO4)CC3)cc21. The van der Waals surface area contributed by atoms with Gasteiger partial charge in [0.1, 0.15) is 6.23 Å². The van der Waals surface area contributed by atoms with Gasteiger partial charge in [-0.15, -0.1) is 0 Å². The summed E-state index contributed by atoms with van der Waals surface area (Å²) in [5.74, 6) is 0. The standard InChI is InChI=1S/C18H26N4O/c1-2-20-14-19-16-7-6-15(13-17(16)20)21-8-10-22(11-9-21)18-5-3-4-12-23-18/h6-7,13-14,18H,2-5,8-12H2,1H3. The Bertz CT molecular complexity index is 654. The first-order valence-electron chi connectivity index (χ1n) is 8.90. The predicted octanol–water partition coefficient (Wildman–Crippen LogP) is 2.70. The number of anilines is 1. The van der Waals surface area contributed by atoms with Gasteiger partial charge in [0.25, 0.3) is 0 Å². The van der Waals surface area contributed by atoms with Crippen LogP contribution in [-0.2, 0) is 11.3 Å². The molecule has 0 bridgehead atoms. The third-order valence-electron chi connectivity index (χ3n) is 5.19. The van der Waals surface area contributed by atoms with Crippen LogP contribution in [0, 0.1) is 0 Å². The largest absolute Gasteiger partial charge is 0.369 e. The first kappa shape index (κ1) is 15.0. The summed E-state index contributed by atoms with van der Waals surface area (Å²) in [6, 6.07) is 6.65. The molecule has 0 radical (unpaired) electrons. The van der Waals surface area contributed by atoms with E-state index >= 15 is 0 Å². The monoisotopic (exact) mass is 314 g/mol. The Kier molecular flexibility index (Phi) is 4.23. The van der Waals surface area contributed by atoms with Gasteiger partial charge in [-0.25, -0.2) is 4.98 Å². The summed E-state index contributed by atoms with van der Waals surface area (Å²) in [4.78, 5) is 9.48. The molecule has 1 unspecified atom stereocenters. The molecule has 5 nitrogen and oxygen atoms in total. The quantitative estimate of drug-likeness (QED) is 0.872. The molecule has 2 fully saturated rings. The van der Waals surface area contributed by atoms with Gasteiger partial charge in [-0.05, 0) is 44.4 Å². The van der Waals surface area contributed by atoms with Crippen molar-refractivity contribution in [3.05, 3.63) is 24.5 Å². The molecule has 2 saturated heterocycles. The lowest BCUT2D eigenvalue weighted by Gasteiger charge is -2.41. The Hall–Kier alpha value is -1.59. The molecule has 0 aliphatic carbocycles. The molecule has 0 amide bonds. The molecule has 2 aliphatic heterocycles. The Morgan fingerprint density at radius 1 is 1.17 bits per heavy atom. The van der Waals surface area contributed by atoms with Crippen molar-refractivity contribution in [2.75, 3.05) is 37.7 Å². The minimum Gasteiger partial charge on any atom is -0.369 e. The summed E-state index contributed by atoms with van der Waals surface area (Å²) in [6.07, 6.45) is 6.02. The number of benzene rings is 1. The van der Waals surface area contributed by atoms with Crippen molar-refractivity contribution in [2.24, 2.45) is 0 Å². The second kappa shape index (κ2) is 6.49. The van der Waals surface area contributed by atoms with Crippen LogP contribution >= 0.6 is 0 Å². The second-order valence-corrected chi connectivity index (χ2v) is 6.55. The van der Waals surface area contributed by atoms with E-state index in [-0.39, 0.29) is 0 Å². The van der Waals surface area contributed by atoms with Crippen molar-refractivity contribution in [1.29, 1.82) is 0 Å². The van der Waals surface area contributed by atoms with Gasteiger partial charge in [-0.1, -0.05) is 0 Å². The normalized spacial score (nSPS) is 23.5. The van der Waals surface area contributed by atoms with Crippen LogP contribution in [0.4, 0.5) is 5.69 Å². The molecule has 124 valence electrons. The summed E-state index contributed by atoms with van der Waals surface area (Å²) >= 11 is 0. The molecule has 1 atom stereocenters. The van der Waals surface area contributed by atoms with E-state index in [2.05, 4.69) is 44.5 Å². The Balaban J connectivity index is 1.45. The fraction of sp³-hybridized carbons (Fsp3) is 0.611. The summed E-state index contributed by atoms with van der Waals surface area (Å²) in [6.45, 7) is 8.40. The van der Waals surface area contributed by atoms with Crippen molar-refractivity contribution in [3.63, 3.8) is 0 Å². The number of ether oxygens (including phenoxy) is 1. The number of hydrogen-bond acceptors (Lipinski definition) is 4. The Morgan fingerprint density at radius 2 is 2.04 bits per heavy atom. The van der Waals surface area contributed by atoms with Crippen LogP contribution in [0.25, 0.3) is 11.0 Å². The summed E-state index contributed by atoms with van der Waals surface area (Å²) in [5.41, 5.74) is 3.64. The summed E-state index contributed by atoms with van der Waals surface area (Å²) < 4.78 is 8.14. The molecule has 1 aromatic heterocycles. The maximum absolute atomic E-state index is 5.93. The third-order valence-corrected chi connectivity index (χ3v) is 5.19. The summed E-state index contributed by atoms with van der Waals surface area (Å²) in [5, 5.41) is 0. The molecule has 2 aromatic rings. The van der Waals surface area contributed by atoms with Crippen LogP contribution in [-0.4, -0.2) is 53.5 Å². The Morgan fingerprint density at radius 3 is 2.78 bits per heavy atom. The number of piperazine rings is 1. The second-order valence-electron chi connectivity index (χ2n) is 6.55. The molecule has 1 aromatic carbocycles. The van der Waals surface area contributed by atoms with Crippen LogP contribution in [0.2, 0.25) is 0 Å². The van der Waals surface area contributed by atoms with Gasteiger partial charge in [-0.2, -0.15) is 0 Å². The van der Waals surface area contributed by atoms with E-state index in [4.69, 9.17) is 4.74 Å². The van der Waals surface area contributed by atoms with Gasteiger partial charge in [-0.3, -0.25) is 4.90 Å². The van der Waals surface area contributed by atoms with Gasteiger partial charge in [0.15, 0.2) is 0 Å². The van der Waals surface area contributed by atoms with E-state index in [9.17, 15) is 0 Å². The molecular weight excluding hydrogens is 288 g/mol. The minimum absolute atomic E-state index is 0.356. The smallest absolute Gasteiger partial charge is 0.110 e. The number of aromatic nitrogens is 2. The van der Waals surface area contributed by atoms with Crippen LogP contribution < -0.4 is 4.90 Å². The average molecular weight is 314 g/mol. The third kappa shape index (κ3) is 2.95. The zero-order valence-electron chi connectivity index (χ0n) is 13.9. The topological polar surface area (TPSA) is 33.5 Å². The molecule has 5 heteroatoms. The van der Waals surface area contributed by atoms with Crippen LogP contribution in [0.1, 0.15) is 26.2 Å². The van der Waals surface area contributed by atoms with E-state index in [1.165, 1.54) is 30.5 Å². The number of fused-ring (bicyclic) bond motifs is 1. The van der Waals surface area contributed by atoms with E-state index in [1.807, 2.05) is 6.33 Å². The fourth-order valence-corrected chi connectivity index (χ4v) is 3.77. The molecule has 0 N–H and O–H groups in total. The highest BCUT2D eigenvalue weighted by molar-refractivity contribution is 5.80. The average Bonchev–Trinajstić information content (AvgIpc) is 3.05. The zero-order valence-corrected chi connectivity index (χ0v) is 13.9. The highest BCUT2D eigenvalue weighted by atomic mass is 16.5. The predicted molar refractivity (Wildman–Crippen MR) is 92.8 cm³/mol. The molecule has 0 saturated carbocycles. The van der Waals surface area contributed by atoms with E-state index in [0.717, 1.165) is 44.8 Å². The van der Waals surface area contributed by atoms with Crippen molar-refractivity contribution >= 4 is 16.7 Å². The minimum atomic E-state index is 0.356. The highest BCUT2D eigenvalue weighted by Crippen LogP contribution is 2.24. The number of aryl methyl sites for hydroxylation is 1. The highest BCUT2D eigenvalue weighted by Gasteiger charge is 2.26. The molecule has 3 heterocycles. The van der Waals surface area contributed by atoms with Crippen molar-refractivity contribution in [1.82, 2.24) is 14.5 Å². The Labute approximate surface area is 137 Å². The molecular formula is C18H26N4O. The van der Waals surface area contributed by atoms with Crippen molar-refractivity contribution in [3.8, 4) is 0 Å². The number of nitrogens with zero attached hydrogens (tertiary/aromatic N) is 4. The van der Waals surface area contributed by atoms with Crippen LogP contribution in [0.3, 0.4) is 0 Å². The van der Waals surface area contributed by atoms with Crippen LogP contribution in [0.15, 0.2) is 24.5 Å². The van der Waals surface area contributed by atoms with Gasteiger partial charge >= 0.3 is 0 Å². The molecule has 2 aliphatic rings. The lowest BCUT2D eigenvalue weighted by atomic mass is 10.1. The van der Waals surface area contributed by atoms with E-state index < -0.39 is 0 Å². The zero-order chi connectivity index (χ0) is 15.6. The van der Waals surface area contributed by atoms with E-state index in [0.29, 0.717) is 6.23 Å². The fourth-order valence-electron chi connectivity index (χ4n) is 3.77. The maximum Gasteiger partial charge on any atom is 0.110 e. The van der Waals surface area contributed by atoms with Gasteiger partial charge in [0, 0.05) is 45.0 Å².